The Morgan fingerprint density at radius 2 is 1.94 bits per heavy atom. The lowest BCUT2D eigenvalue weighted by Gasteiger charge is -2.03. The van der Waals surface area contributed by atoms with Crippen molar-refractivity contribution in [2.45, 2.75) is 19.8 Å². The molecule has 1 atom stereocenters. The third-order valence-electron chi connectivity index (χ3n) is 2.20. The van der Waals surface area contributed by atoms with Crippen molar-refractivity contribution < 1.29 is 13.6 Å². The van der Waals surface area contributed by atoms with Crippen LogP contribution in [-0.4, -0.2) is 5.78 Å². The molecular weight excluding hydrogens is 212 g/mol. The number of hydrogen-bond donors (Lipinski definition) is 0. The van der Waals surface area contributed by atoms with Crippen LogP contribution < -0.4 is 0 Å². The van der Waals surface area contributed by atoms with E-state index >= 15 is 0 Å². The highest BCUT2D eigenvalue weighted by Gasteiger charge is 2.12. The summed E-state index contributed by atoms with van der Waals surface area (Å²) in [5, 5.41) is 8.55. The summed E-state index contributed by atoms with van der Waals surface area (Å²) in [6, 6.07) is 7.15. The number of ketones is 1. The number of nitriles is 1. The van der Waals surface area contributed by atoms with Crippen molar-refractivity contribution >= 4 is 5.78 Å². The summed E-state index contributed by atoms with van der Waals surface area (Å²) in [6.07, 6.45) is -2.41. The van der Waals surface area contributed by atoms with Crippen LogP contribution in [0.4, 0.5) is 8.78 Å². The van der Waals surface area contributed by atoms with Gasteiger partial charge in [0.2, 0.25) is 0 Å². The molecule has 0 aliphatic carbocycles. The fourth-order valence-electron chi connectivity index (χ4n) is 1.26. The molecule has 1 aromatic carbocycles. The zero-order valence-electron chi connectivity index (χ0n) is 8.78. The van der Waals surface area contributed by atoms with Crippen molar-refractivity contribution in [2.24, 2.45) is 5.92 Å². The maximum absolute atomic E-state index is 12.2. The molecule has 0 aliphatic heterocycles. The van der Waals surface area contributed by atoms with Gasteiger partial charge in [0, 0.05) is 17.5 Å². The monoisotopic (exact) mass is 223 g/mol. The molecule has 1 aromatic rings. The van der Waals surface area contributed by atoms with Gasteiger partial charge in [-0.05, 0) is 6.92 Å². The summed E-state index contributed by atoms with van der Waals surface area (Å²) in [7, 11) is 0. The molecule has 0 saturated heterocycles. The van der Waals surface area contributed by atoms with Gasteiger partial charge in [-0.1, -0.05) is 24.3 Å². The molecule has 0 amide bonds. The van der Waals surface area contributed by atoms with E-state index in [4.69, 9.17) is 5.26 Å². The molecule has 1 unspecified atom stereocenters. The summed E-state index contributed by atoms with van der Waals surface area (Å²) in [5.74, 6) is -0.558. The predicted molar refractivity (Wildman–Crippen MR) is 55.1 cm³/mol. The number of nitrogens with zero attached hydrogens (tertiary/aromatic N) is 1. The minimum atomic E-state index is -2.53. The highest BCUT2D eigenvalue weighted by atomic mass is 19.3. The summed E-state index contributed by atoms with van der Waals surface area (Å²) in [4.78, 5) is 11.6. The van der Waals surface area contributed by atoms with Gasteiger partial charge in [-0.25, -0.2) is 8.78 Å². The van der Waals surface area contributed by atoms with Crippen LogP contribution >= 0.6 is 0 Å². The van der Waals surface area contributed by atoms with Gasteiger partial charge in [0.05, 0.1) is 12.0 Å². The number of Topliss-reactive ketones (excluding diaryl/α,β-unsaturated/α-hetero) is 1. The molecule has 0 aromatic heterocycles. The molecule has 0 radical (unpaired) electrons. The summed E-state index contributed by atoms with van der Waals surface area (Å²) < 4.78 is 24.5. The predicted octanol–water partition coefficient (Wildman–Crippen LogP) is 3.36. The topological polar surface area (TPSA) is 40.9 Å². The van der Waals surface area contributed by atoms with Crippen molar-refractivity contribution in [2.75, 3.05) is 0 Å². The van der Waals surface area contributed by atoms with Crippen LogP contribution in [0.15, 0.2) is 24.3 Å². The number of halogens is 2. The first-order valence-electron chi connectivity index (χ1n) is 4.85. The van der Waals surface area contributed by atoms with Crippen molar-refractivity contribution in [1.82, 2.24) is 0 Å². The summed E-state index contributed by atoms with van der Waals surface area (Å²) in [5.41, 5.74) is 0.261. The van der Waals surface area contributed by atoms with E-state index in [0.29, 0.717) is 5.56 Å². The van der Waals surface area contributed by atoms with Gasteiger partial charge in [0.1, 0.15) is 0 Å². The first-order chi connectivity index (χ1) is 7.54. The molecule has 84 valence electrons. The molecule has 0 fully saturated rings. The average molecular weight is 223 g/mol. The van der Waals surface area contributed by atoms with E-state index in [-0.39, 0.29) is 23.7 Å². The Balaban J connectivity index is 2.75. The lowest BCUT2D eigenvalue weighted by atomic mass is 10.00. The van der Waals surface area contributed by atoms with Crippen molar-refractivity contribution in [3.8, 4) is 6.07 Å². The smallest absolute Gasteiger partial charge is 0.263 e. The zero-order chi connectivity index (χ0) is 12.1. The normalized spacial score (nSPS) is 12.2. The Labute approximate surface area is 92.5 Å². The molecule has 1 rings (SSSR count). The van der Waals surface area contributed by atoms with E-state index in [2.05, 4.69) is 0 Å². The van der Waals surface area contributed by atoms with Crippen LogP contribution in [0, 0.1) is 17.2 Å². The van der Waals surface area contributed by atoms with Gasteiger partial charge < -0.3 is 0 Å². The van der Waals surface area contributed by atoms with E-state index in [0.717, 1.165) is 0 Å². The van der Waals surface area contributed by atoms with E-state index in [1.54, 1.807) is 6.92 Å². The molecule has 16 heavy (non-hydrogen) atoms. The quantitative estimate of drug-likeness (QED) is 0.734. The average Bonchev–Trinajstić information content (AvgIpc) is 2.28. The van der Waals surface area contributed by atoms with E-state index in [9.17, 15) is 13.6 Å². The van der Waals surface area contributed by atoms with Crippen LogP contribution in [0.3, 0.4) is 0 Å². The largest absolute Gasteiger partial charge is 0.294 e. The first-order valence-corrected chi connectivity index (χ1v) is 4.85. The Morgan fingerprint density at radius 3 is 2.38 bits per heavy atom. The molecule has 0 spiro atoms. The lowest BCUT2D eigenvalue weighted by Crippen LogP contribution is -2.04. The molecule has 0 aliphatic rings. The Kier molecular flexibility index (Phi) is 4.12. The maximum atomic E-state index is 12.2. The molecule has 0 saturated carbocycles. The number of benzene rings is 1. The fourth-order valence-corrected chi connectivity index (χ4v) is 1.26. The van der Waals surface area contributed by atoms with Gasteiger partial charge in [0.15, 0.2) is 5.78 Å². The van der Waals surface area contributed by atoms with Gasteiger partial charge in [-0.2, -0.15) is 5.26 Å². The number of alkyl halides is 2. The molecule has 0 N–H and O–H groups in total. The third-order valence-corrected chi connectivity index (χ3v) is 2.20. The second kappa shape index (κ2) is 5.36. The van der Waals surface area contributed by atoms with Crippen molar-refractivity contribution in [1.29, 1.82) is 5.26 Å². The van der Waals surface area contributed by atoms with Crippen molar-refractivity contribution in [3.05, 3.63) is 35.4 Å². The highest BCUT2D eigenvalue weighted by molar-refractivity contribution is 5.96. The van der Waals surface area contributed by atoms with E-state index < -0.39 is 6.43 Å². The Bertz CT molecular complexity index is 406. The van der Waals surface area contributed by atoms with Crippen LogP contribution in [0.1, 0.15) is 35.7 Å². The van der Waals surface area contributed by atoms with Gasteiger partial charge in [0.25, 0.3) is 6.43 Å². The second-order valence-electron chi connectivity index (χ2n) is 3.58. The molecule has 2 nitrogen and oxygen atoms in total. The minimum absolute atomic E-state index is 0.107. The Hall–Kier alpha value is -1.76. The Morgan fingerprint density at radius 1 is 1.38 bits per heavy atom. The lowest BCUT2D eigenvalue weighted by molar-refractivity contribution is 0.0972. The van der Waals surface area contributed by atoms with E-state index in [1.165, 1.54) is 24.3 Å². The SMILES string of the molecule is CC(C#N)CC(=O)c1ccc(C(F)F)cc1. The highest BCUT2D eigenvalue weighted by Crippen LogP contribution is 2.19. The van der Waals surface area contributed by atoms with Crippen LogP contribution in [0.2, 0.25) is 0 Å². The number of hydrogen-bond acceptors (Lipinski definition) is 2. The third kappa shape index (κ3) is 3.13. The zero-order valence-corrected chi connectivity index (χ0v) is 8.78. The molecule has 4 heteroatoms. The standard InChI is InChI=1S/C12H11F2NO/c1-8(7-15)6-11(16)9-2-4-10(5-3-9)12(13)14/h2-5,8,12H,6H2,1H3. The van der Waals surface area contributed by atoms with Crippen molar-refractivity contribution in [3.63, 3.8) is 0 Å². The minimum Gasteiger partial charge on any atom is -0.294 e. The maximum Gasteiger partial charge on any atom is 0.263 e. The van der Waals surface area contributed by atoms with Crippen LogP contribution in [0.5, 0.6) is 0 Å². The summed E-state index contributed by atoms with van der Waals surface area (Å²) in [6.45, 7) is 1.64. The number of carbonyl (C=O) groups is 1. The molecular formula is C12H11F2NO. The number of rotatable bonds is 4. The van der Waals surface area contributed by atoms with Crippen LogP contribution in [-0.2, 0) is 0 Å². The summed E-state index contributed by atoms with van der Waals surface area (Å²) >= 11 is 0. The molecule has 0 bridgehead atoms. The van der Waals surface area contributed by atoms with Gasteiger partial charge >= 0.3 is 0 Å². The second-order valence-corrected chi connectivity index (χ2v) is 3.58. The fraction of sp³-hybridized carbons (Fsp3) is 0.333. The molecule has 0 heterocycles. The first kappa shape index (κ1) is 12.3. The van der Waals surface area contributed by atoms with Gasteiger partial charge in [-0.3, -0.25) is 4.79 Å². The van der Waals surface area contributed by atoms with E-state index in [1.807, 2.05) is 6.07 Å². The number of carbonyl (C=O) groups excluding carboxylic acids is 1. The van der Waals surface area contributed by atoms with Gasteiger partial charge in [-0.15, -0.1) is 0 Å². The van der Waals surface area contributed by atoms with Crippen LogP contribution in [0.25, 0.3) is 0 Å².